The van der Waals surface area contributed by atoms with Crippen LogP contribution in [0.3, 0.4) is 0 Å². The molecule has 1 aliphatic rings. The molecule has 0 aromatic heterocycles. The minimum atomic E-state index is -1.31. The van der Waals surface area contributed by atoms with Gasteiger partial charge in [0.15, 0.2) is 12.2 Å². The summed E-state index contributed by atoms with van der Waals surface area (Å²) in [5.41, 5.74) is -0.395. The van der Waals surface area contributed by atoms with Gasteiger partial charge in [-0.1, -0.05) is 0 Å². The molecular formula is C8H10O5. The minimum absolute atomic E-state index is 0.174. The first-order valence-corrected chi connectivity index (χ1v) is 3.82. The second-order valence-corrected chi connectivity index (χ2v) is 2.85. The lowest BCUT2D eigenvalue weighted by molar-refractivity contribution is -0.134. The zero-order valence-corrected chi connectivity index (χ0v) is 7.36. The fourth-order valence-corrected chi connectivity index (χ4v) is 0.903. The lowest BCUT2D eigenvalue weighted by Crippen LogP contribution is -2.12. The molecule has 0 amide bonds. The van der Waals surface area contributed by atoms with Gasteiger partial charge in [0.1, 0.15) is 0 Å². The van der Waals surface area contributed by atoms with Crippen LogP contribution in [-0.4, -0.2) is 29.6 Å². The highest BCUT2D eigenvalue weighted by Gasteiger charge is 2.32. The van der Waals surface area contributed by atoms with E-state index in [2.05, 4.69) is 0 Å². The fourth-order valence-electron chi connectivity index (χ4n) is 0.903. The van der Waals surface area contributed by atoms with Crippen LogP contribution in [0.15, 0.2) is 11.5 Å². The fraction of sp³-hybridized carbons (Fsp3) is 0.500. The van der Waals surface area contributed by atoms with E-state index in [1.54, 1.807) is 13.8 Å². The molecule has 13 heavy (non-hydrogen) atoms. The summed E-state index contributed by atoms with van der Waals surface area (Å²) in [6, 6.07) is 0. The standard InChI is InChI=1S/C8H10O5/c1-4(2)13-8-6(7(10)11)5(9)3-12-8/h4H,3H2,1-2H3,(H,10,11). The average molecular weight is 186 g/mol. The first kappa shape index (κ1) is 9.57. The molecule has 0 spiro atoms. The highest BCUT2D eigenvalue weighted by atomic mass is 16.7. The Labute approximate surface area is 74.9 Å². The van der Waals surface area contributed by atoms with Crippen LogP contribution in [0.25, 0.3) is 0 Å². The minimum Gasteiger partial charge on any atom is -0.477 e. The summed E-state index contributed by atoms with van der Waals surface area (Å²) in [4.78, 5) is 21.5. The summed E-state index contributed by atoms with van der Waals surface area (Å²) < 4.78 is 9.79. The van der Waals surface area contributed by atoms with E-state index in [-0.39, 0.29) is 18.7 Å². The Balaban J connectivity index is 2.89. The number of hydrogen-bond acceptors (Lipinski definition) is 4. The molecule has 0 radical (unpaired) electrons. The SMILES string of the molecule is CC(C)OC1=C(C(=O)O)C(=O)CO1. The van der Waals surface area contributed by atoms with E-state index in [4.69, 9.17) is 14.6 Å². The van der Waals surface area contributed by atoms with Gasteiger partial charge in [0.05, 0.1) is 6.10 Å². The van der Waals surface area contributed by atoms with Crippen molar-refractivity contribution < 1.29 is 24.2 Å². The Hall–Kier alpha value is -1.52. The smallest absolute Gasteiger partial charge is 0.346 e. The highest BCUT2D eigenvalue weighted by Crippen LogP contribution is 2.18. The van der Waals surface area contributed by atoms with Crippen molar-refractivity contribution in [3.8, 4) is 0 Å². The van der Waals surface area contributed by atoms with Crippen LogP contribution in [-0.2, 0) is 19.1 Å². The normalized spacial score (nSPS) is 16.4. The Bertz CT molecular complexity index is 276. The van der Waals surface area contributed by atoms with E-state index in [0.29, 0.717) is 0 Å². The van der Waals surface area contributed by atoms with E-state index >= 15 is 0 Å². The zero-order chi connectivity index (χ0) is 10.0. The third kappa shape index (κ3) is 1.99. The van der Waals surface area contributed by atoms with Gasteiger partial charge >= 0.3 is 5.97 Å². The van der Waals surface area contributed by atoms with Gasteiger partial charge < -0.3 is 14.6 Å². The van der Waals surface area contributed by atoms with Gasteiger partial charge in [-0.3, -0.25) is 4.79 Å². The maximum atomic E-state index is 11.0. The number of rotatable bonds is 3. The molecule has 1 rings (SSSR count). The predicted molar refractivity (Wildman–Crippen MR) is 41.8 cm³/mol. The summed E-state index contributed by atoms with van der Waals surface area (Å²) in [6.07, 6.45) is -0.213. The predicted octanol–water partition coefficient (Wildman–Crippen LogP) is 0.307. The summed E-state index contributed by atoms with van der Waals surface area (Å²) >= 11 is 0. The van der Waals surface area contributed by atoms with E-state index in [1.807, 2.05) is 0 Å². The van der Waals surface area contributed by atoms with Crippen LogP contribution in [0.2, 0.25) is 0 Å². The van der Waals surface area contributed by atoms with Gasteiger partial charge in [0.2, 0.25) is 5.78 Å². The first-order valence-electron chi connectivity index (χ1n) is 3.82. The number of carbonyl (C=O) groups is 2. The number of aliphatic carboxylic acids is 1. The average Bonchev–Trinajstić information content (AvgIpc) is 2.30. The van der Waals surface area contributed by atoms with Crippen LogP contribution >= 0.6 is 0 Å². The summed E-state index contributed by atoms with van der Waals surface area (Å²) in [5.74, 6) is -2.03. The Morgan fingerprint density at radius 2 is 2.23 bits per heavy atom. The lowest BCUT2D eigenvalue weighted by atomic mass is 10.2. The van der Waals surface area contributed by atoms with Crippen LogP contribution in [0.1, 0.15) is 13.8 Å². The molecule has 1 aliphatic heterocycles. The molecule has 0 aliphatic carbocycles. The largest absolute Gasteiger partial charge is 0.477 e. The molecule has 72 valence electrons. The highest BCUT2D eigenvalue weighted by molar-refractivity contribution is 6.18. The van der Waals surface area contributed by atoms with Gasteiger partial charge in [-0.25, -0.2) is 4.79 Å². The topological polar surface area (TPSA) is 72.8 Å². The third-order valence-electron chi connectivity index (χ3n) is 1.37. The molecule has 1 heterocycles. The zero-order valence-electron chi connectivity index (χ0n) is 7.36. The molecule has 5 heteroatoms. The van der Waals surface area contributed by atoms with Crippen molar-refractivity contribution in [2.45, 2.75) is 20.0 Å². The maximum Gasteiger partial charge on any atom is 0.346 e. The van der Waals surface area contributed by atoms with Gasteiger partial charge in [-0.05, 0) is 13.8 Å². The number of hydrogen-bond donors (Lipinski definition) is 1. The van der Waals surface area contributed by atoms with Crippen molar-refractivity contribution in [2.75, 3.05) is 6.61 Å². The molecule has 0 bridgehead atoms. The second kappa shape index (κ2) is 3.47. The van der Waals surface area contributed by atoms with E-state index < -0.39 is 17.3 Å². The van der Waals surface area contributed by atoms with Crippen molar-refractivity contribution in [2.24, 2.45) is 0 Å². The van der Waals surface area contributed by atoms with Gasteiger partial charge in [-0.15, -0.1) is 0 Å². The number of ether oxygens (including phenoxy) is 2. The summed E-state index contributed by atoms with van der Waals surface area (Å²) in [5, 5.41) is 8.63. The number of carboxylic acids is 1. The molecular weight excluding hydrogens is 176 g/mol. The number of carbonyl (C=O) groups excluding carboxylic acids is 1. The van der Waals surface area contributed by atoms with Crippen molar-refractivity contribution in [3.05, 3.63) is 11.5 Å². The Morgan fingerprint density at radius 1 is 1.62 bits per heavy atom. The molecule has 0 unspecified atom stereocenters. The van der Waals surface area contributed by atoms with Crippen molar-refractivity contribution >= 4 is 11.8 Å². The molecule has 5 nitrogen and oxygen atoms in total. The molecule has 0 saturated heterocycles. The first-order chi connectivity index (χ1) is 6.02. The lowest BCUT2D eigenvalue weighted by Gasteiger charge is -2.09. The second-order valence-electron chi connectivity index (χ2n) is 2.85. The van der Waals surface area contributed by atoms with Crippen LogP contribution in [0, 0.1) is 0 Å². The molecule has 0 atom stereocenters. The van der Waals surface area contributed by atoms with Gasteiger partial charge in [0, 0.05) is 0 Å². The van der Waals surface area contributed by atoms with Crippen LogP contribution < -0.4 is 0 Å². The van der Waals surface area contributed by atoms with Crippen molar-refractivity contribution in [3.63, 3.8) is 0 Å². The molecule has 0 aromatic carbocycles. The summed E-state index contributed by atoms with van der Waals surface area (Å²) in [6.45, 7) is 3.20. The number of Topliss-reactive ketones (excluding diaryl/α,β-unsaturated/α-hetero) is 1. The van der Waals surface area contributed by atoms with Crippen molar-refractivity contribution in [1.82, 2.24) is 0 Å². The molecule has 1 N–H and O–H groups in total. The van der Waals surface area contributed by atoms with Crippen LogP contribution in [0.4, 0.5) is 0 Å². The monoisotopic (exact) mass is 186 g/mol. The third-order valence-corrected chi connectivity index (χ3v) is 1.37. The van der Waals surface area contributed by atoms with Gasteiger partial charge in [-0.2, -0.15) is 0 Å². The van der Waals surface area contributed by atoms with E-state index in [1.165, 1.54) is 0 Å². The van der Waals surface area contributed by atoms with Crippen molar-refractivity contribution in [1.29, 1.82) is 0 Å². The summed E-state index contributed by atoms with van der Waals surface area (Å²) in [7, 11) is 0. The maximum absolute atomic E-state index is 11.0. The van der Waals surface area contributed by atoms with E-state index in [0.717, 1.165) is 0 Å². The van der Waals surface area contributed by atoms with Crippen LogP contribution in [0.5, 0.6) is 0 Å². The Kier molecular flexibility index (Phi) is 2.55. The number of carboxylic acid groups (broad SMARTS) is 1. The van der Waals surface area contributed by atoms with E-state index in [9.17, 15) is 9.59 Å². The number of ketones is 1. The quantitative estimate of drug-likeness (QED) is 0.642. The molecule has 0 saturated carbocycles. The van der Waals surface area contributed by atoms with Gasteiger partial charge in [0.25, 0.3) is 5.95 Å². The Morgan fingerprint density at radius 3 is 2.69 bits per heavy atom. The molecule has 0 aromatic rings. The molecule has 0 fully saturated rings.